The van der Waals surface area contributed by atoms with Crippen molar-refractivity contribution < 1.29 is 14.2 Å². The molecule has 0 amide bonds. The highest BCUT2D eigenvalue weighted by atomic mass is 16.5. The van der Waals surface area contributed by atoms with E-state index in [0.29, 0.717) is 26.4 Å². The lowest BCUT2D eigenvalue weighted by atomic mass is 9.99. The Morgan fingerprint density at radius 2 is 1.38 bits per heavy atom. The molecule has 0 atom stereocenters. The smallest absolute Gasteiger partial charge is 0.0701 e. The van der Waals surface area contributed by atoms with E-state index in [1.54, 1.807) is 0 Å². The number of rotatable bonds is 14. The van der Waals surface area contributed by atoms with Gasteiger partial charge in [-0.2, -0.15) is 0 Å². The Balaban J connectivity index is 3.03. The number of hydrogen-bond acceptors (Lipinski definition) is 4. The molecule has 0 radical (unpaired) electrons. The molecule has 21 heavy (non-hydrogen) atoms. The second-order valence-corrected chi connectivity index (χ2v) is 7.14. The van der Waals surface area contributed by atoms with E-state index >= 15 is 0 Å². The highest BCUT2D eigenvalue weighted by molar-refractivity contribution is 4.58. The Morgan fingerprint density at radius 1 is 0.810 bits per heavy atom. The molecule has 0 aliphatic carbocycles. The number of nitrogens with one attached hydrogen (secondary N) is 1. The normalized spacial score (nSPS) is 12.3. The summed E-state index contributed by atoms with van der Waals surface area (Å²) in [6.07, 6.45) is 2.29. The van der Waals surface area contributed by atoms with Gasteiger partial charge in [-0.1, -0.05) is 34.6 Å². The summed E-state index contributed by atoms with van der Waals surface area (Å²) < 4.78 is 16.5. The Morgan fingerprint density at radius 3 is 1.95 bits per heavy atom. The van der Waals surface area contributed by atoms with Crippen LogP contribution in [0.25, 0.3) is 0 Å². The first-order valence-corrected chi connectivity index (χ1v) is 8.36. The van der Waals surface area contributed by atoms with Crippen LogP contribution in [0.4, 0.5) is 0 Å². The minimum Gasteiger partial charge on any atom is -0.379 e. The Labute approximate surface area is 131 Å². The van der Waals surface area contributed by atoms with Gasteiger partial charge in [0.1, 0.15) is 0 Å². The second-order valence-electron chi connectivity index (χ2n) is 7.14. The quantitative estimate of drug-likeness (QED) is 0.501. The van der Waals surface area contributed by atoms with Gasteiger partial charge in [0.05, 0.1) is 33.0 Å². The molecule has 0 aromatic heterocycles. The van der Waals surface area contributed by atoms with Crippen molar-refractivity contribution in [3.63, 3.8) is 0 Å². The fraction of sp³-hybridized carbons (Fsp3) is 1.00. The van der Waals surface area contributed by atoms with Crippen LogP contribution in [0.15, 0.2) is 0 Å². The first kappa shape index (κ1) is 20.8. The van der Waals surface area contributed by atoms with Crippen LogP contribution < -0.4 is 5.32 Å². The van der Waals surface area contributed by atoms with Crippen LogP contribution in [-0.2, 0) is 14.2 Å². The van der Waals surface area contributed by atoms with Gasteiger partial charge in [-0.25, -0.2) is 0 Å². The summed E-state index contributed by atoms with van der Waals surface area (Å²) in [5.41, 5.74) is 0.229. The summed E-state index contributed by atoms with van der Waals surface area (Å²) >= 11 is 0. The number of hydrogen-bond donors (Lipinski definition) is 1. The molecule has 4 nitrogen and oxygen atoms in total. The monoisotopic (exact) mass is 303 g/mol. The van der Waals surface area contributed by atoms with Crippen LogP contribution in [0.3, 0.4) is 0 Å². The van der Waals surface area contributed by atoms with Crippen molar-refractivity contribution in [1.82, 2.24) is 5.32 Å². The van der Waals surface area contributed by atoms with Crippen molar-refractivity contribution >= 4 is 0 Å². The second kappa shape index (κ2) is 13.5. The minimum atomic E-state index is 0.229. The first-order chi connectivity index (χ1) is 9.92. The number of unbranched alkanes of at least 4 members (excludes halogenated alkanes) is 1. The van der Waals surface area contributed by atoms with Crippen molar-refractivity contribution in [2.45, 2.75) is 47.5 Å². The van der Waals surface area contributed by atoms with E-state index < -0.39 is 0 Å². The Kier molecular flexibility index (Phi) is 13.4. The highest BCUT2D eigenvalue weighted by Gasteiger charge is 2.09. The van der Waals surface area contributed by atoms with E-state index in [9.17, 15) is 0 Å². The average Bonchev–Trinajstić information content (AvgIpc) is 2.37. The van der Waals surface area contributed by atoms with E-state index in [0.717, 1.165) is 38.6 Å². The standard InChI is InChI=1S/C17H37NO3/c1-16(2)14-18-8-6-7-9-19-10-11-20-12-13-21-15-17(3,4)5/h16,18H,6-15H2,1-5H3. The highest BCUT2D eigenvalue weighted by Crippen LogP contribution is 2.12. The fourth-order valence-corrected chi connectivity index (χ4v) is 1.66. The minimum absolute atomic E-state index is 0.229. The summed E-state index contributed by atoms with van der Waals surface area (Å²) in [4.78, 5) is 0. The molecule has 4 heteroatoms. The van der Waals surface area contributed by atoms with Crippen molar-refractivity contribution in [3.05, 3.63) is 0 Å². The molecular weight excluding hydrogens is 266 g/mol. The SMILES string of the molecule is CC(C)CNCCCCOCCOCCOCC(C)(C)C. The predicted octanol–water partition coefficient (Wildman–Crippen LogP) is 3.11. The van der Waals surface area contributed by atoms with Crippen LogP contribution >= 0.6 is 0 Å². The summed E-state index contributed by atoms with van der Waals surface area (Å²) in [5.74, 6) is 0.728. The topological polar surface area (TPSA) is 39.7 Å². The van der Waals surface area contributed by atoms with E-state index in [-0.39, 0.29) is 5.41 Å². The molecule has 0 aliphatic rings. The molecule has 0 aromatic carbocycles. The van der Waals surface area contributed by atoms with E-state index in [1.165, 1.54) is 6.42 Å². The first-order valence-electron chi connectivity index (χ1n) is 8.36. The zero-order valence-electron chi connectivity index (χ0n) is 14.9. The van der Waals surface area contributed by atoms with Gasteiger partial charge >= 0.3 is 0 Å². The van der Waals surface area contributed by atoms with Gasteiger partial charge in [0.15, 0.2) is 0 Å². The summed E-state index contributed by atoms with van der Waals surface area (Å²) in [5, 5.41) is 3.43. The molecule has 128 valence electrons. The maximum absolute atomic E-state index is 5.53. The third-order valence-electron chi connectivity index (χ3n) is 2.72. The van der Waals surface area contributed by atoms with Crippen LogP contribution in [0, 0.1) is 11.3 Å². The molecule has 0 saturated heterocycles. The Hall–Kier alpha value is -0.160. The van der Waals surface area contributed by atoms with Gasteiger partial charge < -0.3 is 19.5 Å². The predicted molar refractivity (Wildman–Crippen MR) is 88.9 cm³/mol. The van der Waals surface area contributed by atoms with E-state index in [2.05, 4.69) is 39.9 Å². The molecule has 0 rings (SSSR count). The van der Waals surface area contributed by atoms with E-state index in [4.69, 9.17) is 14.2 Å². The molecule has 0 aromatic rings. The van der Waals surface area contributed by atoms with Crippen LogP contribution in [-0.4, -0.2) is 52.7 Å². The molecule has 0 unspecified atom stereocenters. The molecule has 0 aliphatic heterocycles. The lowest BCUT2D eigenvalue weighted by Crippen LogP contribution is -2.21. The van der Waals surface area contributed by atoms with Crippen LogP contribution in [0.5, 0.6) is 0 Å². The van der Waals surface area contributed by atoms with E-state index in [1.807, 2.05) is 0 Å². The fourth-order valence-electron chi connectivity index (χ4n) is 1.66. The summed E-state index contributed by atoms with van der Waals surface area (Å²) in [7, 11) is 0. The van der Waals surface area contributed by atoms with Crippen molar-refractivity contribution in [2.24, 2.45) is 11.3 Å². The zero-order valence-corrected chi connectivity index (χ0v) is 14.9. The van der Waals surface area contributed by atoms with Crippen molar-refractivity contribution in [2.75, 3.05) is 52.7 Å². The lowest BCUT2D eigenvalue weighted by Gasteiger charge is -2.17. The van der Waals surface area contributed by atoms with Gasteiger partial charge in [-0.05, 0) is 37.3 Å². The molecular formula is C17H37NO3. The third-order valence-corrected chi connectivity index (χ3v) is 2.72. The molecule has 0 saturated carbocycles. The summed E-state index contributed by atoms with van der Waals surface area (Å²) in [6.45, 7) is 17.4. The Bertz CT molecular complexity index is 215. The zero-order chi connectivity index (χ0) is 16.0. The maximum Gasteiger partial charge on any atom is 0.0701 e. The molecule has 0 spiro atoms. The van der Waals surface area contributed by atoms with Crippen LogP contribution in [0.1, 0.15) is 47.5 Å². The van der Waals surface area contributed by atoms with Gasteiger partial charge in [-0.3, -0.25) is 0 Å². The van der Waals surface area contributed by atoms with Crippen LogP contribution in [0.2, 0.25) is 0 Å². The largest absolute Gasteiger partial charge is 0.379 e. The van der Waals surface area contributed by atoms with Gasteiger partial charge in [0, 0.05) is 6.61 Å². The molecule has 0 bridgehead atoms. The number of ether oxygens (including phenoxy) is 3. The van der Waals surface area contributed by atoms with Crippen molar-refractivity contribution in [3.8, 4) is 0 Å². The molecule has 0 fully saturated rings. The maximum atomic E-state index is 5.53. The van der Waals surface area contributed by atoms with Gasteiger partial charge in [-0.15, -0.1) is 0 Å². The summed E-state index contributed by atoms with van der Waals surface area (Å²) in [6, 6.07) is 0. The third kappa shape index (κ3) is 19.8. The molecule has 1 N–H and O–H groups in total. The van der Waals surface area contributed by atoms with Crippen molar-refractivity contribution in [1.29, 1.82) is 0 Å². The molecule has 0 heterocycles. The lowest BCUT2D eigenvalue weighted by molar-refractivity contribution is -0.00104. The van der Waals surface area contributed by atoms with Gasteiger partial charge in [0.2, 0.25) is 0 Å². The van der Waals surface area contributed by atoms with Gasteiger partial charge in [0.25, 0.3) is 0 Å². The average molecular weight is 303 g/mol.